The highest BCUT2D eigenvalue weighted by molar-refractivity contribution is 9.10. The average molecular weight is 403 g/mol. The number of carbonyl (C=O) groups excluding carboxylic acids is 2. The zero-order valence-corrected chi connectivity index (χ0v) is 15.4. The minimum Gasteiger partial charge on any atom is -0.368 e. The van der Waals surface area contributed by atoms with Crippen molar-refractivity contribution >= 4 is 39.1 Å². The number of carbonyl (C=O) groups is 2. The fraction of sp³-hybridized carbons (Fsp3) is 0.263. The Morgan fingerprint density at radius 1 is 1.16 bits per heavy atom. The van der Waals surface area contributed by atoms with Crippen LogP contribution in [0.1, 0.15) is 28.8 Å². The van der Waals surface area contributed by atoms with E-state index in [2.05, 4.69) is 26.6 Å². The van der Waals surface area contributed by atoms with Crippen LogP contribution in [0.5, 0.6) is 0 Å². The zero-order valence-electron chi connectivity index (χ0n) is 13.8. The molecule has 0 radical (unpaired) electrons. The maximum atomic E-state index is 12.5. The van der Waals surface area contributed by atoms with Crippen molar-refractivity contribution in [3.63, 3.8) is 0 Å². The molecule has 2 N–H and O–H groups in total. The predicted octanol–water partition coefficient (Wildman–Crippen LogP) is 4.13. The quantitative estimate of drug-likeness (QED) is 0.807. The second-order valence-electron chi connectivity index (χ2n) is 5.99. The molecule has 130 valence electrons. The van der Waals surface area contributed by atoms with Crippen molar-refractivity contribution in [1.82, 2.24) is 0 Å². The molecule has 1 fully saturated rings. The number of nitrogens with one attached hydrogen (secondary N) is 2. The van der Waals surface area contributed by atoms with Crippen LogP contribution in [-0.2, 0) is 9.53 Å². The molecule has 5 nitrogen and oxygen atoms in total. The van der Waals surface area contributed by atoms with Crippen LogP contribution in [0, 0.1) is 6.92 Å². The number of aryl methyl sites for hydroxylation is 1. The van der Waals surface area contributed by atoms with Crippen LogP contribution in [0.25, 0.3) is 0 Å². The highest BCUT2D eigenvalue weighted by atomic mass is 79.9. The van der Waals surface area contributed by atoms with E-state index in [4.69, 9.17) is 4.74 Å². The molecule has 25 heavy (non-hydrogen) atoms. The third-order valence-corrected chi connectivity index (χ3v) is 4.56. The molecule has 1 unspecified atom stereocenters. The number of halogens is 1. The van der Waals surface area contributed by atoms with Crippen LogP contribution in [0.2, 0.25) is 0 Å². The summed E-state index contributed by atoms with van der Waals surface area (Å²) in [5.74, 6) is -0.396. The third-order valence-electron chi connectivity index (χ3n) is 4.06. The topological polar surface area (TPSA) is 67.4 Å². The number of hydrogen-bond donors (Lipinski definition) is 2. The normalized spacial score (nSPS) is 16.5. The molecule has 1 aliphatic rings. The Morgan fingerprint density at radius 3 is 2.76 bits per heavy atom. The molecular weight excluding hydrogens is 384 g/mol. The van der Waals surface area contributed by atoms with Crippen LogP contribution in [0.4, 0.5) is 11.4 Å². The van der Waals surface area contributed by atoms with Gasteiger partial charge in [0.25, 0.3) is 11.8 Å². The van der Waals surface area contributed by atoms with E-state index in [0.29, 0.717) is 17.9 Å². The van der Waals surface area contributed by atoms with E-state index >= 15 is 0 Å². The first-order valence-corrected chi connectivity index (χ1v) is 8.92. The lowest BCUT2D eigenvalue weighted by Gasteiger charge is -2.12. The molecule has 3 rings (SSSR count). The van der Waals surface area contributed by atoms with Crippen molar-refractivity contribution in [2.45, 2.75) is 25.9 Å². The summed E-state index contributed by atoms with van der Waals surface area (Å²) in [5.41, 5.74) is 2.77. The van der Waals surface area contributed by atoms with Gasteiger partial charge in [0.05, 0.1) is 0 Å². The minimum absolute atomic E-state index is 0.169. The summed E-state index contributed by atoms with van der Waals surface area (Å²) in [6.07, 6.45) is 1.22. The van der Waals surface area contributed by atoms with Gasteiger partial charge >= 0.3 is 0 Å². The maximum Gasteiger partial charge on any atom is 0.255 e. The first-order chi connectivity index (χ1) is 12.0. The van der Waals surface area contributed by atoms with Gasteiger partial charge in [0.1, 0.15) is 6.10 Å². The van der Waals surface area contributed by atoms with Gasteiger partial charge in [-0.25, -0.2) is 0 Å². The van der Waals surface area contributed by atoms with Crippen LogP contribution < -0.4 is 10.6 Å². The molecule has 0 bridgehead atoms. The summed E-state index contributed by atoms with van der Waals surface area (Å²) in [5, 5.41) is 5.71. The lowest BCUT2D eigenvalue weighted by atomic mass is 10.1. The number of hydrogen-bond acceptors (Lipinski definition) is 3. The van der Waals surface area contributed by atoms with E-state index in [0.717, 1.165) is 28.6 Å². The molecule has 6 heteroatoms. The summed E-state index contributed by atoms with van der Waals surface area (Å²) in [6, 6.07) is 12.6. The van der Waals surface area contributed by atoms with Gasteiger partial charge in [0, 0.05) is 28.0 Å². The number of benzene rings is 2. The number of anilines is 2. The van der Waals surface area contributed by atoms with Gasteiger partial charge in [-0.2, -0.15) is 0 Å². The van der Waals surface area contributed by atoms with Gasteiger partial charge in [-0.3, -0.25) is 9.59 Å². The predicted molar refractivity (Wildman–Crippen MR) is 101 cm³/mol. The lowest BCUT2D eigenvalue weighted by Crippen LogP contribution is -2.27. The standard InChI is InChI=1S/C19H19BrN2O3/c1-12-7-8-14(20)11-16(12)22-18(23)13-4-2-5-15(10-13)21-19(24)17-6-3-9-25-17/h2,4-5,7-8,10-11,17H,3,6,9H2,1H3,(H,21,24)(H,22,23). The fourth-order valence-electron chi connectivity index (χ4n) is 2.67. The van der Waals surface area contributed by atoms with Gasteiger partial charge in [-0.05, 0) is 55.7 Å². The van der Waals surface area contributed by atoms with Gasteiger partial charge in [-0.15, -0.1) is 0 Å². The molecule has 2 amide bonds. The lowest BCUT2D eigenvalue weighted by molar-refractivity contribution is -0.124. The summed E-state index contributed by atoms with van der Waals surface area (Å²) < 4.78 is 6.27. The Labute approximate surface area is 154 Å². The molecule has 0 saturated carbocycles. The average Bonchev–Trinajstić information content (AvgIpc) is 3.13. The van der Waals surface area contributed by atoms with E-state index in [-0.39, 0.29) is 11.8 Å². The summed E-state index contributed by atoms with van der Waals surface area (Å²) in [7, 11) is 0. The largest absolute Gasteiger partial charge is 0.368 e. The van der Waals surface area contributed by atoms with Gasteiger partial charge in [0.2, 0.25) is 0 Å². The molecule has 2 aromatic carbocycles. The van der Waals surface area contributed by atoms with Crippen molar-refractivity contribution in [2.75, 3.05) is 17.2 Å². The second kappa shape index (κ2) is 7.80. The monoisotopic (exact) mass is 402 g/mol. The van der Waals surface area contributed by atoms with Gasteiger partial charge in [0.15, 0.2) is 0 Å². The van der Waals surface area contributed by atoms with E-state index in [1.54, 1.807) is 24.3 Å². The fourth-order valence-corrected chi connectivity index (χ4v) is 3.03. The van der Waals surface area contributed by atoms with Crippen LogP contribution in [0.3, 0.4) is 0 Å². The molecule has 2 aromatic rings. The van der Waals surface area contributed by atoms with Gasteiger partial charge < -0.3 is 15.4 Å². The highest BCUT2D eigenvalue weighted by Crippen LogP contribution is 2.22. The maximum absolute atomic E-state index is 12.5. The van der Waals surface area contributed by atoms with Crippen LogP contribution in [0.15, 0.2) is 46.9 Å². The minimum atomic E-state index is -0.401. The number of rotatable bonds is 4. The zero-order chi connectivity index (χ0) is 17.8. The van der Waals surface area contributed by atoms with E-state index in [1.165, 1.54) is 0 Å². The molecular formula is C19H19BrN2O3. The molecule has 1 heterocycles. The Morgan fingerprint density at radius 2 is 2.00 bits per heavy atom. The Balaban J connectivity index is 1.71. The van der Waals surface area contributed by atoms with Crippen molar-refractivity contribution in [3.05, 3.63) is 58.1 Å². The Hall–Kier alpha value is -2.18. The molecule has 1 aliphatic heterocycles. The van der Waals surface area contributed by atoms with Crippen molar-refractivity contribution in [3.8, 4) is 0 Å². The molecule has 1 atom stereocenters. The van der Waals surface area contributed by atoms with Crippen LogP contribution in [-0.4, -0.2) is 24.5 Å². The van der Waals surface area contributed by atoms with Gasteiger partial charge in [-0.1, -0.05) is 28.1 Å². The number of ether oxygens (including phenoxy) is 1. The third kappa shape index (κ3) is 4.46. The Kier molecular flexibility index (Phi) is 5.50. The first kappa shape index (κ1) is 17.6. The SMILES string of the molecule is Cc1ccc(Br)cc1NC(=O)c1cccc(NC(=O)C2CCCO2)c1. The van der Waals surface area contributed by atoms with E-state index < -0.39 is 6.10 Å². The van der Waals surface area contributed by atoms with Crippen molar-refractivity contribution < 1.29 is 14.3 Å². The highest BCUT2D eigenvalue weighted by Gasteiger charge is 2.23. The van der Waals surface area contributed by atoms with Crippen molar-refractivity contribution in [1.29, 1.82) is 0 Å². The molecule has 1 saturated heterocycles. The van der Waals surface area contributed by atoms with E-state index in [1.807, 2.05) is 25.1 Å². The smallest absolute Gasteiger partial charge is 0.255 e. The molecule has 0 spiro atoms. The summed E-state index contributed by atoms with van der Waals surface area (Å²) in [4.78, 5) is 24.6. The number of amides is 2. The summed E-state index contributed by atoms with van der Waals surface area (Å²) in [6.45, 7) is 2.55. The van der Waals surface area contributed by atoms with E-state index in [9.17, 15) is 9.59 Å². The second-order valence-corrected chi connectivity index (χ2v) is 6.90. The summed E-state index contributed by atoms with van der Waals surface area (Å²) >= 11 is 3.40. The van der Waals surface area contributed by atoms with Crippen LogP contribution >= 0.6 is 15.9 Å². The Bertz CT molecular complexity index is 801. The molecule has 0 aliphatic carbocycles. The molecule has 0 aromatic heterocycles. The first-order valence-electron chi connectivity index (χ1n) is 8.13. The van der Waals surface area contributed by atoms with Crippen molar-refractivity contribution in [2.24, 2.45) is 0 Å².